The Hall–Kier alpha value is 0.260. The standard InChI is InChI=1S/C12H25NO2S2/c1-17(14,15)10-9-16-8-7-13-11-12-5-3-2-4-6-12/h12-13H,2-11H2,1H3. The van der Waals surface area contributed by atoms with Gasteiger partial charge in [0.15, 0.2) is 0 Å². The van der Waals surface area contributed by atoms with Crippen LogP contribution in [0.25, 0.3) is 0 Å². The van der Waals surface area contributed by atoms with Crippen LogP contribution in [0.5, 0.6) is 0 Å². The van der Waals surface area contributed by atoms with Gasteiger partial charge in [0, 0.05) is 24.3 Å². The van der Waals surface area contributed by atoms with Crippen LogP contribution < -0.4 is 5.32 Å². The van der Waals surface area contributed by atoms with Crippen molar-refractivity contribution < 1.29 is 8.42 Å². The Morgan fingerprint density at radius 1 is 1.18 bits per heavy atom. The predicted octanol–water partition coefficient (Wildman–Crippen LogP) is 1.93. The molecule has 102 valence electrons. The summed E-state index contributed by atoms with van der Waals surface area (Å²) in [6, 6.07) is 0. The Balaban J connectivity index is 1.87. The van der Waals surface area contributed by atoms with Crippen molar-refractivity contribution in [1.82, 2.24) is 5.32 Å². The predicted molar refractivity (Wildman–Crippen MR) is 76.5 cm³/mol. The SMILES string of the molecule is CS(=O)(=O)CCSCCNCC1CCCCC1. The maximum Gasteiger partial charge on any atom is 0.148 e. The van der Waals surface area contributed by atoms with Crippen LogP contribution in [0, 0.1) is 5.92 Å². The van der Waals surface area contributed by atoms with Crippen molar-refractivity contribution in [1.29, 1.82) is 0 Å². The van der Waals surface area contributed by atoms with Crippen molar-refractivity contribution in [2.75, 3.05) is 36.6 Å². The van der Waals surface area contributed by atoms with Gasteiger partial charge in [-0.05, 0) is 25.3 Å². The molecule has 0 heterocycles. The summed E-state index contributed by atoms with van der Waals surface area (Å²) in [5, 5.41) is 3.48. The van der Waals surface area contributed by atoms with E-state index < -0.39 is 9.84 Å². The van der Waals surface area contributed by atoms with Crippen molar-refractivity contribution in [2.24, 2.45) is 5.92 Å². The maximum atomic E-state index is 10.9. The van der Waals surface area contributed by atoms with E-state index in [-0.39, 0.29) is 0 Å². The third-order valence-corrected chi connectivity index (χ3v) is 5.37. The minimum atomic E-state index is -2.78. The van der Waals surface area contributed by atoms with E-state index in [2.05, 4.69) is 5.32 Å². The zero-order chi connectivity index (χ0) is 12.6. The lowest BCUT2D eigenvalue weighted by Gasteiger charge is -2.21. The van der Waals surface area contributed by atoms with E-state index in [1.807, 2.05) is 0 Å². The summed E-state index contributed by atoms with van der Waals surface area (Å²) < 4.78 is 21.8. The fourth-order valence-electron chi connectivity index (χ4n) is 2.15. The van der Waals surface area contributed by atoms with E-state index in [9.17, 15) is 8.42 Å². The maximum absolute atomic E-state index is 10.9. The smallest absolute Gasteiger partial charge is 0.148 e. The molecule has 0 aromatic carbocycles. The van der Waals surface area contributed by atoms with Gasteiger partial charge in [-0.3, -0.25) is 0 Å². The van der Waals surface area contributed by atoms with Crippen LogP contribution in [0.2, 0.25) is 0 Å². The zero-order valence-corrected chi connectivity index (χ0v) is 12.4. The van der Waals surface area contributed by atoms with Crippen LogP contribution in [0.4, 0.5) is 0 Å². The van der Waals surface area contributed by atoms with Crippen molar-refractivity contribution in [3.63, 3.8) is 0 Å². The van der Waals surface area contributed by atoms with E-state index in [1.54, 1.807) is 11.8 Å². The van der Waals surface area contributed by atoms with Gasteiger partial charge in [-0.1, -0.05) is 19.3 Å². The van der Waals surface area contributed by atoms with Crippen molar-refractivity contribution in [2.45, 2.75) is 32.1 Å². The second-order valence-corrected chi connectivity index (χ2v) is 8.43. The molecule has 0 aromatic rings. The molecule has 5 heteroatoms. The first-order chi connectivity index (χ1) is 8.08. The number of sulfone groups is 1. The van der Waals surface area contributed by atoms with Gasteiger partial charge in [-0.15, -0.1) is 0 Å². The summed E-state index contributed by atoms with van der Waals surface area (Å²) in [5.41, 5.74) is 0. The molecule has 3 nitrogen and oxygen atoms in total. The van der Waals surface area contributed by atoms with Crippen LogP contribution in [-0.4, -0.2) is 45.0 Å². The van der Waals surface area contributed by atoms with Gasteiger partial charge < -0.3 is 5.32 Å². The fourth-order valence-corrected chi connectivity index (χ4v) is 4.33. The lowest BCUT2D eigenvalue weighted by atomic mass is 9.89. The summed E-state index contributed by atoms with van der Waals surface area (Å²) >= 11 is 1.73. The molecular weight excluding hydrogens is 254 g/mol. The van der Waals surface area contributed by atoms with Crippen LogP contribution in [0.3, 0.4) is 0 Å². The summed E-state index contributed by atoms with van der Waals surface area (Å²) in [6.45, 7) is 2.15. The molecule has 0 atom stereocenters. The fraction of sp³-hybridized carbons (Fsp3) is 1.00. The third kappa shape index (κ3) is 8.91. The number of hydrogen-bond acceptors (Lipinski definition) is 4. The summed E-state index contributed by atoms with van der Waals surface area (Å²) in [6.07, 6.45) is 8.28. The normalized spacial score (nSPS) is 18.4. The zero-order valence-electron chi connectivity index (χ0n) is 10.8. The van der Waals surface area contributed by atoms with Crippen LogP contribution in [0.15, 0.2) is 0 Å². The van der Waals surface area contributed by atoms with E-state index in [1.165, 1.54) is 38.4 Å². The van der Waals surface area contributed by atoms with Gasteiger partial charge >= 0.3 is 0 Å². The first-order valence-corrected chi connectivity index (χ1v) is 9.75. The minimum Gasteiger partial charge on any atom is -0.316 e. The lowest BCUT2D eigenvalue weighted by Crippen LogP contribution is -2.26. The van der Waals surface area contributed by atoms with E-state index in [4.69, 9.17) is 0 Å². The highest BCUT2D eigenvalue weighted by atomic mass is 32.2. The van der Waals surface area contributed by atoms with Crippen molar-refractivity contribution >= 4 is 21.6 Å². The number of thioether (sulfide) groups is 1. The Morgan fingerprint density at radius 3 is 2.53 bits per heavy atom. The monoisotopic (exact) mass is 279 g/mol. The van der Waals surface area contributed by atoms with E-state index in [0.29, 0.717) is 5.75 Å². The molecule has 1 aliphatic rings. The topological polar surface area (TPSA) is 46.2 Å². The molecule has 0 bridgehead atoms. The molecule has 1 aliphatic carbocycles. The first kappa shape index (κ1) is 15.3. The lowest BCUT2D eigenvalue weighted by molar-refractivity contribution is 0.345. The molecule has 0 unspecified atom stereocenters. The number of rotatable bonds is 8. The summed E-state index contributed by atoms with van der Waals surface area (Å²) in [4.78, 5) is 0. The Kier molecular flexibility index (Phi) is 7.55. The van der Waals surface area contributed by atoms with Gasteiger partial charge in [0.25, 0.3) is 0 Å². The van der Waals surface area contributed by atoms with Crippen LogP contribution >= 0.6 is 11.8 Å². The Morgan fingerprint density at radius 2 is 1.88 bits per heavy atom. The molecule has 0 saturated heterocycles. The Labute approximate surface area is 110 Å². The second-order valence-electron chi connectivity index (χ2n) is 4.95. The van der Waals surface area contributed by atoms with E-state index >= 15 is 0 Å². The molecule has 1 saturated carbocycles. The second kappa shape index (κ2) is 8.38. The average molecular weight is 279 g/mol. The quantitative estimate of drug-likeness (QED) is 0.690. The Bertz CT molecular complexity index is 285. The summed E-state index contributed by atoms with van der Waals surface area (Å²) in [5.74, 6) is 2.93. The third-order valence-electron chi connectivity index (χ3n) is 3.18. The average Bonchev–Trinajstić information content (AvgIpc) is 2.28. The molecule has 0 aliphatic heterocycles. The highest BCUT2D eigenvalue weighted by Gasteiger charge is 2.12. The van der Waals surface area contributed by atoms with Crippen LogP contribution in [0.1, 0.15) is 32.1 Å². The van der Waals surface area contributed by atoms with E-state index in [0.717, 1.165) is 30.5 Å². The molecule has 0 aromatic heterocycles. The highest BCUT2D eigenvalue weighted by Crippen LogP contribution is 2.22. The first-order valence-electron chi connectivity index (χ1n) is 6.54. The van der Waals surface area contributed by atoms with Gasteiger partial charge in [0.1, 0.15) is 9.84 Å². The molecular formula is C12H25NO2S2. The van der Waals surface area contributed by atoms with Crippen molar-refractivity contribution in [3.8, 4) is 0 Å². The number of nitrogens with one attached hydrogen (secondary N) is 1. The minimum absolute atomic E-state index is 0.306. The molecule has 0 radical (unpaired) electrons. The van der Waals surface area contributed by atoms with Gasteiger partial charge in [-0.2, -0.15) is 11.8 Å². The van der Waals surface area contributed by atoms with Crippen LogP contribution in [-0.2, 0) is 9.84 Å². The van der Waals surface area contributed by atoms with Gasteiger partial charge in [-0.25, -0.2) is 8.42 Å². The molecule has 1 fully saturated rings. The molecule has 17 heavy (non-hydrogen) atoms. The van der Waals surface area contributed by atoms with Gasteiger partial charge in [0.05, 0.1) is 5.75 Å². The summed E-state index contributed by atoms with van der Waals surface area (Å²) in [7, 11) is -2.78. The van der Waals surface area contributed by atoms with Gasteiger partial charge in [0.2, 0.25) is 0 Å². The molecule has 1 N–H and O–H groups in total. The largest absolute Gasteiger partial charge is 0.316 e. The molecule has 0 amide bonds. The van der Waals surface area contributed by atoms with Crippen molar-refractivity contribution in [3.05, 3.63) is 0 Å². The highest BCUT2D eigenvalue weighted by molar-refractivity contribution is 8.00. The molecule has 1 rings (SSSR count). The molecule has 0 spiro atoms. The number of hydrogen-bond donors (Lipinski definition) is 1.